The zero-order valence-corrected chi connectivity index (χ0v) is 12.6. The lowest BCUT2D eigenvalue weighted by atomic mass is 9.99. The highest BCUT2D eigenvalue weighted by Gasteiger charge is 2.30. The van der Waals surface area contributed by atoms with Gasteiger partial charge in [-0.2, -0.15) is 5.10 Å². The van der Waals surface area contributed by atoms with Gasteiger partial charge in [0.25, 0.3) is 5.91 Å². The first-order valence-electron chi connectivity index (χ1n) is 7.23. The van der Waals surface area contributed by atoms with Gasteiger partial charge in [-0.15, -0.1) is 0 Å². The van der Waals surface area contributed by atoms with Crippen molar-refractivity contribution < 1.29 is 4.79 Å². The topological polar surface area (TPSA) is 50.2 Å². The lowest BCUT2D eigenvalue weighted by molar-refractivity contribution is 0.0974. The minimum Gasteiger partial charge on any atom is -0.379 e. The summed E-state index contributed by atoms with van der Waals surface area (Å²) in [5, 5.41) is 7.62. The van der Waals surface area contributed by atoms with E-state index >= 15 is 0 Å². The van der Waals surface area contributed by atoms with Crippen LogP contribution in [-0.2, 0) is 7.05 Å². The summed E-state index contributed by atoms with van der Waals surface area (Å²) in [6, 6.07) is 9.95. The Hall–Kier alpha value is -2.30. The standard InChI is InChI=1S/C16H20N4O/c1-11(2)13-10-20(14-7-5-4-6-12(14)18-13)16(21)15-8-9-17-19(15)3/h4-9,11,13,18H,10H2,1-3H3. The summed E-state index contributed by atoms with van der Waals surface area (Å²) in [5.41, 5.74) is 2.55. The number of aromatic nitrogens is 2. The molecule has 0 spiro atoms. The smallest absolute Gasteiger partial charge is 0.276 e. The summed E-state index contributed by atoms with van der Waals surface area (Å²) >= 11 is 0. The predicted octanol–water partition coefficient (Wildman–Crippen LogP) is 2.52. The van der Waals surface area contributed by atoms with Gasteiger partial charge in [-0.05, 0) is 24.1 Å². The summed E-state index contributed by atoms with van der Waals surface area (Å²) in [6.45, 7) is 5.00. The Labute approximate surface area is 124 Å². The number of hydrogen-bond acceptors (Lipinski definition) is 3. The number of nitrogens with zero attached hydrogens (tertiary/aromatic N) is 3. The first-order chi connectivity index (χ1) is 10.1. The lowest BCUT2D eigenvalue weighted by Crippen LogP contribution is -2.47. The molecule has 1 aromatic carbocycles. The second-order valence-corrected chi connectivity index (χ2v) is 5.77. The highest BCUT2D eigenvalue weighted by Crippen LogP contribution is 2.33. The van der Waals surface area contributed by atoms with Crippen LogP contribution in [0.25, 0.3) is 0 Å². The molecule has 0 saturated heterocycles. The number of carbonyl (C=O) groups is 1. The SMILES string of the molecule is CC(C)C1CN(C(=O)c2ccnn2C)c2ccccc2N1. The highest BCUT2D eigenvalue weighted by molar-refractivity contribution is 6.07. The van der Waals surface area contributed by atoms with E-state index in [0.717, 1.165) is 11.4 Å². The first kappa shape index (κ1) is 13.7. The van der Waals surface area contributed by atoms with Gasteiger partial charge in [-0.25, -0.2) is 0 Å². The Balaban J connectivity index is 2.00. The van der Waals surface area contributed by atoms with Crippen LogP contribution in [0.3, 0.4) is 0 Å². The number of fused-ring (bicyclic) bond motifs is 1. The van der Waals surface area contributed by atoms with Crippen molar-refractivity contribution >= 4 is 17.3 Å². The molecule has 1 aliphatic heterocycles. The average Bonchev–Trinajstić information content (AvgIpc) is 2.91. The molecule has 0 radical (unpaired) electrons. The van der Waals surface area contributed by atoms with Gasteiger partial charge in [0.1, 0.15) is 5.69 Å². The fraction of sp³-hybridized carbons (Fsp3) is 0.375. The molecule has 2 heterocycles. The van der Waals surface area contributed by atoms with E-state index < -0.39 is 0 Å². The molecule has 2 aromatic rings. The molecule has 21 heavy (non-hydrogen) atoms. The fourth-order valence-corrected chi connectivity index (χ4v) is 2.66. The van der Waals surface area contributed by atoms with Crippen LogP contribution in [0, 0.1) is 5.92 Å². The maximum atomic E-state index is 12.8. The van der Waals surface area contributed by atoms with Gasteiger partial charge in [0.05, 0.1) is 11.4 Å². The normalized spacial score (nSPS) is 17.5. The highest BCUT2D eigenvalue weighted by atomic mass is 16.2. The van der Waals surface area contributed by atoms with Crippen molar-refractivity contribution in [3.8, 4) is 0 Å². The molecule has 5 heteroatoms. The van der Waals surface area contributed by atoms with E-state index in [1.165, 1.54) is 0 Å². The molecule has 0 fully saturated rings. The number of rotatable bonds is 2. The van der Waals surface area contributed by atoms with Crippen LogP contribution in [0.15, 0.2) is 36.5 Å². The van der Waals surface area contributed by atoms with Crippen molar-refractivity contribution in [2.24, 2.45) is 13.0 Å². The summed E-state index contributed by atoms with van der Waals surface area (Å²) in [5.74, 6) is 0.440. The largest absolute Gasteiger partial charge is 0.379 e. The van der Waals surface area contributed by atoms with E-state index in [0.29, 0.717) is 18.2 Å². The molecule has 1 aliphatic rings. The predicted molar refractivity (Wildman–Crippen MR) is 83.6 cm³/mol. The van der Waals surface area contributed by atoms with E-state index in [1.54, 1.807) is 24.0 Å². The third kappa shape index (κ3) is 2.39. The summed E-state index contributed by atoms with van der Waals surface area (Å²) in [4.78, 5) is 14.7. The minimum absolute atomic E-state index is 0.00500. The molecule has 0 aliphatic carbocycles. The van der Waals surface area contributed by atoms with Crippen LogP contribution in [0.2, 0.25) is 0 Å². The van der Waals surface area contributed by atoms with Crippen LogP contribution in [-0.4, -0.2) is 28.3 Å². The number of anilines is 2. The fourth-order valence-electron chi connectivity index (χ4n) is 2.66. The van der Waals surface area contributed by atoms with Crippen LogP contribution in [0.1, 0.15) is 24.3 Å². The molecular formula is C16H20N4O. The zero-order valence-electron chi connectivity index (χ0n) is 12.6. The molecule has 3 rings (SSSR count). The van der Waals surface area contributed by atoms with E-state index in [-0.39, 0.29) is 11.9 Å². The van der Waals surface area contributed by atoms with Crippen molar-refractivity contribution in [3.63, 3.8) is 0 Å². The Morgan fingerprint density at radius 1 is 1.33 bits per heavy atom. The van der Waals surface area contributed by atoms with Gasteiger partial charge < -0.3 is 10.2 Å². The molecule has 1 N–H and O–H groups in total. The first-order valence-corrected chi connectivity index (χ1v) is 7.23. The number of aryl methyl sites for hydroxylation is 1. The van der Waals surface area contributed by atoms with Crippen molar-refractivity contribution in [2.75, 3.05) is 16.8 Å². The second kappa shape index (κ2) is 5.24. The number of hydrogen-bond donors (Lipinski definition) is 1. The van der Waals surface area contributed by atoms with Crippen LogP contribution in [0.5, 0.6) is 0 Å². The van der Waals surface area contributed by atoms with Crippen LogP contribution in [0.4, 0.5) is 11.4 Å². The van der Waals surface area contributed by atoms with Crippen molar-refractivity contribution in [3.05, 3.63) is 42.2 Å². The van der Waals surface area contributed by atoms with E-state index in [4.69, 9.17) is 0 Å². The molecule has 5 nitrogen and oxygen atoms in total. The number of nitrogens with one attached hydrogen (secondary N) is 1. The number of benzene rings is 1. The maximum absolute atomic E-state index is 12.8. The Morgan fingerprint density at radius 2 is 2.10 bits per heavy atom. The Kier molecular flexibility index (Phi) is 3.41. The molecule has 0 bridgehead atoms. The monoisotopic (exact) mass is 284 g/mol. The summed E-state index contributed by atoms with van der Waals surface area (Å²) in [6.07, 6.45) is 1.65. The summed E-state index contributed by atoms with van der Waals surface area (Å²) < 4.78 is 1.62. The van der Waals surface area contributed by atoms with Crippen molar-refractivity contribution in [1.29, 1.82) is 0 Å². The van der Waals surface area contributed by atoms with Gasteiger partial charge in [-0.1, -0.05) is 26.0 Å². The maximum Gasteiger partial charge on any atom is 0.276 e. The van der Waals surface area contributed by atoms with Crippen molar-refractivity contribution in [1.82, 2.24) is 9.78 Å². The van der Waals surface area contributed by atoms with E-state index in [2.05, 4.69) is 24.3 Å². The third-order valence-corrected chi connectivity index (χ3v) is 4.00. The van der Waals surface area contributed by atoms with Gasteiger partial charge in [0.2, 0.25) is 0 Å². The molecule has 0 saturated carbocycles. The molecule has 1 amide bonds. The van der Waals surface area contributed by atoms with Gasteiger partial charge in [-0.3, -0.25) is 9.48 Å². The van der Waals surface area contributed by atoms with E-state index in [1.807, 2.05) is 29.2 Å². The van der Waals surface area contributed by atoms with Gasteiger partial charge in [0.15, 0.2) is 0 Å². The Morgan fingerprint density at radius 3 is 2.76 bits per heavy atom. The van der Waals surface area contributed by atoms with Crippen LogP contribution < -0.4 is 10.2 Å². The quantitative estimate of drug-likeness (QED) is 0.922. The average molecular weight is 284 g/mol. The minimum atomic E-state index is -0.00500. The van der Waals surface area contributed by atoms with Crippen molar-refractivity contribution in [2.45, 2.75) is 19.9 Å². The number of carbonyl (C=O) groups excluding carboxylic acids is 1. The molecule has 1 aromatic heterocycles. The molecule has 110 valence electrons. The van der Waals surface area contributed by atoms with Crippen LogP contribution >= 0.6 is 0 Å². The Bertz CT molecular complexity index is 662. The molecule has 1 unspecified atom stereocenters. The third-order valence-electron chi connectivity index (χ3n) is 4.00. The lowest BCUT2D eigenvalue weighted by Gasteiger charge is -2.37. The zero-order chi connectivity index (χ0) is 15.0. The molecule has 1 atom stereocenters. The second-order valence-electron chi connectivity index (χ2n) is 5.77. The van der Waals surface area contributed by atoms with E-state index in [9.17, 15) is 4.79 Å². The summed E-state index contributed by atoms with van der Waals surface area (Å²) in [7, 11) is 1.79. The number of amides is 1. The van der Waals surface area contributed by atoms with Gasteiger partial charge in [0, 0.05) is 25.8 Å². The van der Waals surface area contributed by atoms with Gasteiger partial charge >= 0.3 is 0 Å². The number of para-hydroxylation sites is 2. The molecular weight excluding hydrogens is 264 g/mol.